The summed E-state index contributed by atoms with van der Waals surface area (Å²) in [5.74, 6) is -0.126. The van der Waals surface area contributed by atoms with Gasteiger partial charge in [0, 0.05) is 18.5 Å². The first-order chi connectivity index (χ1) is 10.4. The summed E-state index contributed by atoms with van der Waals surface area (Å²) in [5.41, 5.74) is 2.03. The van der Waals surface area contributed by atoms with E-state index >= 15 is 0 Å². The molecule has 0 saturated heterocycles. The van der Waals surface area contributed by atoms with Crippen molar-refractivity contribution in [3.05, 3.63) is 42.0 Å². The number of nitrogens with zero attached hydrogens (tertiary/aromatic N) is 1. The smallest absolute Gasteiger partial charge is 0.242 e. The third-order valence-corrected chi connectivity index (χ3v) is 3.79. The van der Waals surface area contributed by atoms with E-state index in [1.54, 1.807) is 4.90 Å². The van der Waals surface area contributed by atoms with Crippen LogP contribution in [0.3, 0.4) is 0 Å². The van der Waals surface area contributed by atoms with Crippen LogP contribution in [0.1, 0.15) is 32.8 Å². The van der Waals surface area contributed by atoms with Crippen molar-refractivity contribution in [3.8, 4) is 0 Å². The first-order valence-electron chi connectivity index (χ1n) is 7.68. The Hall–Kier alpha value is -2.10. The van der Waals surface area contributed by atoms with Gasteiger partial charge >= 0.3 is 0 Å². The summed E-state index contributed by atoms with van der Waals surface area (Å²) in [4.78, 5) is 25.7. The van der Waals surface area contributed by atoms with E-state index in [0.29, 0.717) is 13.1 Å². The zero-order chi connectivity index (χ0) is 16.2. The van der Waals surface area contributed by atoms with Gasteiger partial charge in [-0.2, -0.15) is 0 Å². The Morgan fingerprint density at radius 3 is 2.41 bits per heavy atom. The van der Waals surface area contributed by atoms with Gasteiger partial charge in [-0.15, -0.1) is 0 Å². The molecule has 1 N–H and O–H groups in total. The topological polar surface area (TPSA) is 49.4 Å². The van der Waals surface area contributed by atoms with Crippen LogP contribution in [0.2, 0.25) is 0 Å². The molecule has 22 heavy (non-hydrogen) atoms. The minimum Gasteiger partial charge on any atom is -0.347 e. The molecule has 2 rings (SSSR count). The maximum absolute atomic E-state index is 12.2. The Labute approximate surface area is 132 Å². The van der Waals surface area contributed by atoms with Crippen LogP contribution >= 0.6 is 0 Å². The summed E-state index contributed by atoms with van der Waals surface area (Å²) in [7, 11) is 0. The molecule has 118 valence electrons. The van der Waals surface area contributed by atoms with Gasteiger partial charge in [-0.3, -0.25) is 9.59 Å². The minimum absolute atomic E-state index is 0.0269. The molecule has 1 aliphatic heterocycles. The molecule has 0 aliphatic carbocycles. The van der Waals surface area contributed by atoms with E-state index in [1.165, 1.54) is 11.1 Å². The van der Waals surface area contributed by atoms with Crippen LogP contribution in [0.25, 0.3) is 5.57 Å². The van der Waals surface area contributed by atoms with Crippen molar-refractivity contribution in [1.29, 1.82) is 0 Å². The van der Waals surface area contributed by atoms with Crippen LogP contribution in [0, 0.1) is 5.41 Å². The minimum atomic E-state index is -0.470. The molecule has 1 aliphatic rings. The van der Waals surface area contributed by atoms with Gasteiger partial charge in [-0.05, 0) is 17.6 Å². The zero-order valence-electron chi connectivity index (χ0n) is 13.6. The van der Waals surface area contributed by atoms with Gasteiger partial charge in [0.1, 0.15) is 0 Å². The molecule has 1 heterocycles. The van der Waals surface area contributed by atoms with Gasteiger partial charge in [0.25, 0.3) is 0 Å². The molecule has 0 saturated carbocycles. The fourth-order valence-corrected chi connectivity index (χ4v) is 2.34. The lowest BCUT2D eigenvalue weighted by molar-refractivity contribution is -0.135. The number of hydrogen-bond donors (Lipinski definition) is 1. The average molecular weight is 300 g/mol. The fourth-order valence-electron chi connectivity index (χ4n) is 2.34. The molecule has 1 aromatic carbocycles. The van der Waals surface area contributed by atoms with Crippen molar-refractivity contribution in [2.24, 2.45) is 5.41 Å². The van der Waals surface area contributed by atoms with Crippen molar-refractivity contribution in [2.75, 3.05) is 19.6 Å². The Bertz CT molecular complexity index is 570. The second-order valence-electron chi connectivity index (χ2n) is 6.62. The normalized spacial score (nSPS) is 15.2. The number of benzene rings is 1. The summed E-state index contributed by atoms with van der Waals surface area (Å²) < 4.78 is 0. The molecule has 4 nitrogen and oxygen atoms in total. The van der Waals surface area contributed by atoms with Gasteiger partial charge in [0.2, 0.25) is 11.8 Å². The maximum atomic E-state index is 12.2. The van der Waals surface area contributed by atoms with Gasteiger partial charge in [0.15, 0.2) is 0 Å². The van der Waals surface area contributed by atoms with Crippen LogP contribution in [-0.4, -0.2) is 36.3 Å². The van der Waals surface area contributed by atoms with Gasteiger partial charge < -0.3 is 10.2 Å². The molecule has 0 spiro atoms. The molecular formula is C18H24N2O2. The molecule has 1 aromatic rings. The molecule has 0 unspecified atom stereocenters. The van der Waals surface area contributed by atoms with E-state index in [9.17, 15) is 9.59 Å². The Kier molecular flexibility index (Phi) is 5.01. The molecule has 4 heteroatoms. The quantitative estimate of drug-likeness (QED) is 0.932. The highest BCUT2D eigenvalue weighted by molar-refractivity contribution is 5.87. The number of hydrogen-bond acceptors (Lipinski definition) is 2. The van der Waals surface area contributed by atoms with E-state index in [0.717, 1.165) is 6.42 Å². The number of carbonyl (C=O) groups is 2. The van der Waals surface area contributed by atoms with E-state index in [1.807, 2.05) is 39.0 Å². The second-order valence-corrected chi connectivity index (χ2v) is 6.62. The summed E-state index contributed by atoms with van der Waals surface area (Å²) in [6.45, 7) is 6.89. The van der Waals surface area contributed by atoms with E-state index in [2.05, 4.69) is 23.5 Å². The van der Waals surface area contributed by atoms with Crippen LogP contribution in [0.5, 0.6) is 0 Å². The first-order valence-corrected chi connectivity index (χ1v) is 7.68. The fraction of sp³-hybridized carbons (Fsp3) is 0.444. The average Bonchev–Trinajstić information content (AvgIpc) is 2.52. The molecule has 0 bridgehead atoms. The molecule has 2 amide bonds. The van der Waals surface area contributed by atoms with Crippen LogP contribution in [0.15, 0.2) is 36.4 Å². The summed E-state index contributed by atoms with van der Waals surface area (Å²) in [5, 5.41) is 2.71. The maximum Gasteiger partial charge on any atom is 0.242 e. The molecule has 0 atom stereocenters. The highest BCUT2D eigenvalue weighted by Gasteiger charge is 2.23. The van der Waals surface area contributed by atoms with Crippen molar-refractivity contribution < 1.29 is 9.59 Å². The third kappa shape index (κ3) is 4.20. The predicted octanol–water partition coefficient (Wildman–Crippen LogP) is 2.46. The lowest BCUT2D eigenvalue weighted by Gasteiger charge is -2.27. The highest BCUT2D eigenvalue weighted by Crippen LogP contribution is 2.21. The molecular weight excluding hydrogens is 276 g/mol. The first kappa shape index (κ1) is 16.3. The van der Waals surface area contributed by atoms with Gasteiger partial charge in [-0.25, -0.2) is 0 Å². The van der Waals surface area contributed by atoms with Crippen LogP contribution in [-0.2, 0) is 9.59 Å². The summed E-state index contributed by atoms with van der Waals surface area (Å²) in [6, 6.07) is 10.2. The Balaban J connectivity index is 1.87. The van der Waals surface area contributed by atoms with Gasteiger partial charge in [0.05, 0.1) is 6.54 Å². The summed E-state index contributed by atoms with van der Waals surface area (Å²) in [6.07, 6.45) is 2.95. The van der Waals surface area contributed by atoms with Crippen LogP contribution < -0.4 is 5.32 Å². The zero-order valence-corrected chi connectivity index (χ0v) is 13.6. The number of amides is 2. The SMILES string of the molecule is CC(C)(C)C(=O)NCC(=O)N1CC=C(c2ccccc2)CC1. The molecule has 0 aromatic heterocycles. The van der Waals surface area contributed by atoms with E-state index in [-0.39, 0.29) is 18.4 Å². The van der Waals surface area contributed by atoms with Crippen LogP contribution in [0.4, 0.5) is 0 Å². The highest BCUT2D eigenvalue weighted by atomic mass is 16.2. The summed E-state index contributed by atoms with van der Waals surface area (Å²) >= 11 is 0. The van der Waals surface area contributed by atoms with Gasteiger partial charge in [-0.1, -0.05) is 57.2 Å². The largest absolute Gasteiger partial charge is 0.347 e. The third-order valence-electron chi connectivity index (χ3n) is 3.79. The molecule has 0 fully saturated rings. The number of carbonyl (C=O) groups excluding carboxylic acids is 2. The number of nitrogens with one attached hydrogen (secondary N) is 1. The number of rotatable bonds is 3. The lowest BCUT2D eigenvalue weighted by atomic mass is 9.96. The van der Waals surface area contributed by atoms with Crippen molar-refractivity contribution in [3.63, 3.8) is 0 Å². The predicted molar refractivity (Wildman–Crippen MR) is 88.1 cm³/mol. The monoisotopic (exact) mass is 300 g/mol. The van der Waals surface area contributed by atoms with Crippen molar-refractivity contribution in [2.45, 2.75) is 27.2 Å². The molecule has 0 radical (unpaired) electrons. The van der Waals surface area contributed by atoms with Crippen molar-refractivity contribution >= 4 is 17.4 Å². The standard InChI is InChI=1S/C18H24N2O2/c1-18(2,3)17(22)19-13-16(21)20-11-9-15(10-12-20)14-7-5-4-6-8-14/h4-9H,10-13H2,1-3H3,(H,19,22). The van der Waals surface area contributed by atoms with E-state index < -0.39 is 5.41 Å². The van der Waals surface area contributed by atoms with Crippen molar-refractivity contribution in [1.82, 2.24) is 10.2 Å². The second kappa shape index (κ2) is 6.77. The Morgan fingerprint density at radius 1 is 1.18 bits per heavy atom. The Morgan fingerprint density at radius 2 is 1.86 bits per heavy atom. The van der Waals surface area contributed by atoms with E-state index in [4.69, 9.17) is 0 Å². The lowest BCUT2D eigenvalue weighted by Crippen LogP contribution is -2.44.